The summed E-state index contributed by atoms with van der Waals surface area (Å²) in [5.41, 5.74) is -1.57. The minimum Gasteiger partial charge on any atom is -0.493 e. The maximum absolute atomic E-state index is 13.8. The van der Waals surface area contributed by atoms with Gasteiger partial charge in [-0.2, -0.15) is 0 Å². The standard InChI is InChI=1S/C25H27BrN2O6/c1-24(2,3)28-21(29)17-18(22(28)30)25(23(31)32,14-9-7-6-8-10-14)27-19(17)13-11-15(26)20(34-5)16(12-13)33-4/h6-12,17-19,27H,1-5H3,(H,31,32). The molecular formula is C25H27BrN2O6. The van der Waals surface area contributed by atoms with Gasteiger partial charge in [-0.05, 0) is 60.0 Å². The quantitative estimate of drug-likeness (QED) is 0.570. The highest BCUT2D eigenvalue weighted by atomic mass is 79.9. The van der Waals surface area contributed by atoms with Crippen LogP contribution in [0.15, 0.2) is 46.9 Å². The summed E-state index contributed by atoms with van der Waals surface area (Å²) in [7, 11) is 3.01. The number of likely N-dealkylation sites (tertiary alicyclic amines) is 1. The Kier molecular flexibility index (Phi) is 5.98. The van der Waals surface area contributed by atoms with Gasteiger partial charge in [-0.25, -0.2) is 4.79 Å². The lowest BCUT2D eigenvalue weighted by Crippen LogP contribution is -2.55. The number of hydrogen-bond donors (Lipinski definition) is 2. The Morgan fingerprint density at radius 2 is 1.74 bits per heavy atom. The predicted molar refractivity (Wildman–Crippen MR) is 127 cm³/mol. The first-order valence-corrected chi connectivity index (χ1v) is 11.6. The van der Waals surface area contributed by atoms with Crippen LogP contribution in [-0.2, 0) is 19.9 Å². The molecule has 180 valence electrons. The molecular weight excluding hydrogens is 504 g/mol. The molecule has 2 aromatic rings. The van der Waals surface area contributed by atoms with E-state index in [1.54, 1.807) is 63.2 Å². The highest BCUT2D eigenvalue weighted by Crippen LogP contribution is 2.55. The summed E-state index contributed by atoms with van der Waals surface area (Å²) < 4.78 is 11.5. The number of amides is 2. The van der Waals surface area contributed by atoms with Crippen molar-refractivity contribution in [1.82, 2.24) is 10.2 Å². The maximum Gasteiger partial charge on any atom is 0.329 e. The second kappa shape index (κ2) is 8.39. The second-order valence-corrected chi connectivity index (χ2v) is 10.4. The summed E-state index contributed by atoms with van der Waals surface area (Å²) in [6.45, 7) is 5.30. The third-order valence-electron chi connectivity index (χ3n) is 6.61. The number of nitrogens with zero attached hydrogens (tertiary/aromatic N) is 1. The van der Waals surface area contributed by atoms with E-state index in [2.05, 4.69) is 21.2 Å². The van der Waals surface area contributed by atoms with Crippen molar-refractivity contribution < 1.29 is 29.0 Å². The average molecular weight is 531 g/mol. The van der Waals surface area contributed by atoms with Crippen molar-refractivity contribution in [3.8, 4) is 11.5 Å². The SMILES string of the molecule is COc1cc(C2NC(C(=O)O)(c3ccccc3)C3C(=O)N(C(C)(C)C)C(=O)C23)cc(Br)c1OC. The highest BCUT2D eigenvalue weighted by molar-refractivity contribution is 9.10. The Morgan fingerprint density at radius 1 is 1.09 bits per heavy atom. The van der Waals surface area contributed by atoms with Gasteiger partial charge in [0, 0.05) is 11.6 Å². The molecule has 0 saturated carbocycles. The first kappa shape index (κ1) is 24.2. The number of nitrogens with one attached hydrogen (secondary N) is 1. The molecule has 2 aromatic carbocycles. The molecule has 2 saturated heterocycles. The minimum absolute atomic E-state index is 0.398. The van der Waals surface area contributed by atoms with E-state index in [1.807, 2.05) is 0 Å². The average Bonchev–Trinajstić information content (AvgIpc) is 3.28. The van der Waals surface area contributed by atoms with Crippen LogP contribution in [0.2, 0.25) is 0 Å². The Balaban J connectivity index is 1.97. The van der Waals surface area contributed by atoms with E-state index in [-0.39, 0.29) is 0 Å². The number of imide groups is 1. The number of carbonyl (C=O) groups excluding carboxylic acids is 2. The van der Waals surface area contributed by atoms with Crippen LogP contribution in [0.4, 0.5) is 0 Å². The molecule has 0 radical (unpaired) electrons. The zero-order valence-corrected chi connectivity index (χ0v) is 21.2. The monoisotopic (exact) mass is 530 g/mol. The van der Waals surface area contributed by atoms with Crippen LogP contribution in [-0.4, -0.2) is 47.5 Å². The van der Waals surface area contributed by atoms with Gasteiger partial charge in [-0.15, -0.1) is 0 Å². The summed E-state index contributed by atoms with van der Waals surface area (Å²) >= 11 is 3.48. The lowest BCUT2D eigenvalue weighted by molar-refractivity contribution is -0.154. The lowest BCUT2D eigenvalue weighted by Gasteiger charge is -2.35. The first-order chi connectivity index (χ1) is 16.0. The fourth-order valence-electron chi connectivity index (χ4n) is 5.26. The van der Waals surface area contributed by atoms with Crippen LogP contribution in [0.3, 0.4) is 0 Å². The van der Waals surface area contributed by atoms with Gasteiger partial charge in [0.05, 0.1) is 30.5 Å². The molecule has 0 bridgehead atoms. The third-order valence-corrected chi connectivity index (χ3v) is 7.20. The van der Waals surface area contributed by atoms with Gasteiger partial charge >= 0.3 is 5.97 Å². The number of carbonyl (C=O) groups is 3. The molecule has 2 N–H and O–H groups in total. The van der Waals surface area contributed by atoms with E-state index in [4.69, 9.17) is 9.47 Å². The number of carboxylic acids is 1. The van der Waals surface area contributed by atoms with Crippen LogP contribution < -0.4 is 14.8 Å². The molecule has 4 unspecified atom stereocenters. The molecule has 2 fully saturated rings. The zero-order chi connectivity index (χ0) is 25.0. The Hall–Kier alpha value is -2.91. The summed E-state index contributed by atoms with van der Waals surface area (Å²) in [4.78, 5) is 41.6. The van der Waals surface area contributed by atoms with Gasteiger partial charge in [-0.3, -0.25) is 19.8 Å². The maximum atomic E-state index is 13.8. The van der Waals surface area contributed by atoms with E-state index in [0.717, 1.165) is 0 Å². The zero-order valence-electron chi connectivity index (χ0n) is 19.6. The number of methoxy groups -OCH3 is 2. The summed E-state index contributed by atoms with van der Waals surface area (Å²) in [5, 5.41) is 13.8. The van der Waals surface area contributed by atoms with E-state index < -0.39 is 46.7 Å². The van der Waals surface area contributed by atoms with Crippen molar-refractivity contribution in [2.24, 2.45) is 11.8 Å². The van der Waals surface area contributed by atoms with Gasteiger partial charge in [-0.1, -0.05) is 30.3 Å². The van der Waals surface area contributed by atoms with E-state index in [9.17, 15) is 19.5 Å². The molecule has 0 spiro atoms. The molecule has 34 heavy (non-hydrogen) atoms. The van der Waals surface area contributed by atoms with Gasteiger partial charge in [0.2, 0.25) is 11.8 Å². The number of hydrogen-bond acceptors (Lipinski definition) is 6. The molecule has 2 amide bonds. The largest absolute Gasteiger partial charge is 0.493 e. The molecule has 4 rings (SSSR count). The number of carboxylic acid groups (broad SMARTS) is 1. The summed E-state index contributed by atoms with van der Waals surface area (Å²) in [5.74, 6) is -3.27. The van der Waals surface area contributed by atoms with Crippen molar-refractivity contribution in [3.05, 3.63) is 58.1 Å². The third kappa shape index (κ3) is 3.41. The van der Waals surface area contributed by atoms with E-state index in [0.29, 0.717) is 27.1 Å². The molecule has 2 aliphatic rings. The topological polar surface area (TPSA) is 105 Å². The number of rotatable bonds is 5. The molecule has 8 nitrogen and oxygen atoms in total. The summed E-state index contributed by atoms with van der Waals surface area (Å²) in [6, 6.07) is 11.3. The van der Waals surface area contributed by atoms with Crippen LogP contribution in [0, 0.1) is 11.8 Å². The van der Waals surface area contributed by atoms with Crippen LogP contribution in [0.5, 0.6) is 11.5 Å². The number of benzene rings is 2. The molecule has 2 heterocycles. The Bertz CT molecular complexity index is 1160. The number of ether oxygens (including phenoxy) is 2. The van der Waals surface area contributed by atoms with Crippen molar-refractivity contribution >= 4 is 33.7 Å². The van der Waals surface area contributed by atoms with Crippen molar-refractivity contribution in [3.63, 3.8) is 0 Å². The molecule has 2 aliphatic heterocycles. The number of halogens is 1. The first-order valence-electron chi connectivity index (χ1n) is 10.8. The smallest absolute Gasteiger partial charge is 0.329 e. The van der Waals surface area contributed by atoms with Crippen LogP contribution >= 0.6 is 15.9 Å². The Morgan fingerprint density at radius 3 is 2.26 bits per heavy atom. The van der Waals surface area contributed by atoms with Gasteiger partial charge in [0.25, 0.3) is 0 Å². The summed E-state index contributed by atoms with van der Waals surface area (Å²) in [6.07, 6.45) is 0. The highest BCUT2D eigenvalue weighted by Gasteiger charge is 2.70. The number of fused-ring (bicyclic) bond motifs is 1. The van der Waals surface area contributed by atoms with E-state index in [1.165, 1.54) is 19.1 Å². The fourth-order valence-corrected chi connectivity index (χ4v) is 5.88. The minimum atomic E-state index is -1.79. The molecule has 4 atom stereocenters. The molecule has 0 aliphatic carbocycles. The van der Waals surface area contributed by atoms with Gasteiger partial charge in [0.15, 0.2) is 17.0 Å². The normalized spacial score (nSPS) is 26.5. The second-order valence-electron chi connectivity index (χ2n) is 9.53. The van der Waals surface area contributed by atoms with Crippen molar-refractivity contribution in [2.75, 3.05) is 14.2 Å². The number of aliphatic carboxylic acids is 1. The van der Waals surface area contributed by atoms with Gasteiger partial charge in [0.1, 0.15) is 0 Å². The lowest BCUT2D eigenvalue weighted by atomic mass is 9.75. The van der Waals surface area contributed by atoms with Crippen LogP contribution in [0.25, 0.3) is 0 Å². The molecule has 9 heteroatoms. The van der Waals surface area contributed by atoms with E-state index >= 15 is 0 Å². The molecule has 0 aromatic heterocycles. The fraction of sp³-hybridized carbons (Fsp3) is 0.400. The van der Waals surface area contributed by atoms with Crippen molar-refractivity contribution in [2.45, 2.75) is 37.9 Å². The predicted octanol–water partition coefficient (Wildman–Crippen LogP) is 3.49. The van der Waals surface area contributed by atoms with Crippen LogP contribution in [0.1, 0.15) is 37.9 Å². The van der Waals surface area contributed by atoms with Gasteiger partial charge < -0.3 is 14.6 Å². The Labute approximate surface area is 206 Å². The van der Waals surface area contributed by atoms with Crippen molar-refractivity contribution in [1.29, 1.82) is 0 Å².